The van der Waals surface area contributed by atoms with Crippen molar-refractivity contribution in [2.24, 2.45) is 0 Å². The lowest BCUT2D eigenvalue weighted by atomic mass is 10.2. The van der Waals surface area contributed by atoms with E-state index in [0.29, 0.717) is 16.1 Å². The second-order valence-corrected chi connectivity index (χ2v) is 4.36. The van der Waals surface area contributed by atoms with E-state index in [1.54, 1.807) is 18.2 Å². The van der Waals surface area contributed by atoms with E-state index in [2.05, 4.69) is 9.72 Å². The molecule has 0 aliphatic rings. The summed E-state index contributed by atoms with van der Waals surface area (Å²) in [5.74, 6) is -0.468. The van der Waals surface area contributed by atoms with Crippen molar-refractivity contribution >= 4 is 28.6 Å². The van der Waals surface area contributed by atoms with E-state index in [1.165, 1.54) is 23.4 Å². The smallest absolute Gasteiger partial charge is 0.325 e. The Morgan fingerprint density at radius 1 is 1.44 bits per heavy atom. The molecule has 0 aliphatic carbocycles. The van der Waals surface area contributed by atoms with Crippen LogP contribution in [0.1, 0.15) is 0 Å². The number of methoxy groups -OCH3 is 1. The van der Waals surface area contributed by atoms with Gasteiger partial charge in [0.25, 0.3) is 5.56 Å². The summed E-state index contributed by atoms with van der Waals surface area (Å²) >= 11 is 1.32. The lowest BCUT2D eigenvalue weighted by molar-refractivity contribution is -0.141. The lowest BCUT2D eigenvalue weighted by Gasteiger charge is -2.10. The third-order valence-corrected chi connectivity index (χ3v) is 3.20. The molecule has 0 fully saturated rings. The fourth-order valence-electron chi connectivity index (χ4n) is 1.64. The minimum Gasteiger partial charge on any atom is -0.468 e. The van der Waals surface area contributed by atoms with Crippen molar-refractivity contribution in [1.82, 2.24) is 9.55 Å². The Labute approximate surface area is 108 Å². The SMILES string of the molecule is COC(=O)Cn1c(SC)nc2ccccc2c1=O. The van der Waals surface area contributed by atoms with Crippen LogP contribution in [0.2, 0.25) is 0 Å². The van der Waals surface area contributed by atoms with Crippen molar-refractivity contribution in [3.63, 3.8) is 0 Å². The summed E-state index contributed by atoms with van der Waals surface area (Å²) in [4.78, 5) is 27.9. The highest BCUT2D eigenvalue weighted by molar-refractivity contribution is 7.98. The molecule has 1 aromatic heterocycles. The predicted molar refractivity (Wildman–Crippen MR) is 69.8 cm³/mol. The van der Waals surface area contributed by atoms with Gasteiger partial charge in [0.05, 0.1) is 18.0 Å². The highest BCUT2D eigenvalue weighted by Gasteiger charge is 2.13. The van der Waals surface area contributed by atoms with Gasteiger partial charge in [-0.1, -0.05) is 23.9 Å². The Kier molecular flexibility index (Phi) is 3.66. The van der Waals surface area contributed by atoms with Crippen molar-refractivity contribution in [2.45, 2.75) is 11.7 Å². The van der Waals surface area contributed by atoms with Crippen LogP contribution in [0.25, 0.3) is 10.9 Å². The molecule has 0 N–H and O–H groups in total. The quantitative estimate of drug-likeness (QED) is 0.475. The molecule has 6 heteroatoms. The van der Waals surface area contributed by atoms with Gasteiger partial charge >= 0.3 is 5.97 Å². The second kappa shape index (κ2) is 5.22. The van der Waals surface area contributed by atoms with Crippen LogP contribution in [0.5, 0.6) is 0 Å². The molecule has 0 unspecified atom stereocenters. The number of carbonyl (C=O) groups is 1. The summed E-state index contributed by atoms with van der Waals surface area (Å²) < 4.78 is 5.92. The van der Waals surface area contributed by atoms with Crippen molar-refractivity contribution in [1.29, 1.82) is 0 Å². The summed E-state index contributed by atoms with van der Waals surface area (Å²) in [6.07, 6.45) is 1.81. The van der Waals surface area contributed by atoms with Gasteiger partial charge in [-0.25, -0.2) is 4.98 Å². The molecule has 1 aromatic carbocycles. The highest BCUT2D eigenvalue weighted by atomic mass is 32.2. The van der Waals surface area contributed by atoms with Crippen LogP contribution in [0.3, 0.4) is 0 Å². The van der Waals surface area contributed by atoms with Gasteiger partial charge in [0.15, 0.2) is 5.16 Å². The zero-order valence-electron chi connectivity index (χ0n) is 10.0. The Bertz CT molecular complexity index is 651. The maximum atomic E-state index is 12.3. The van der Waals surface area contributed by atoms with E-state index in [-0.39, 0.29) is 12.1 Å². The first-order chi connectivity index (χ1) is 8.67. The number of aromatic nitrogens is 2. The molecule has 94 valence electrons. The molecule has 0 amide bonds. The van der Waals surface area contributed by atoms with Gasteiger partial charge in [0, 0.05) is 0 Å². The first kappa shape index (κ1) is 12.6. The first-order valence-corrected chi connectivity index (χ1v) is 6.50. The number of para-hydroxylation sites is 1. The summed E-state index contributed by atoms with van der Waals surface area (Å²) in [5.41, 5.74) is 0.406. The molecule has 5 nitrogen and oxygen atoms in total. The average Bonchev–Trinajstić information content (AvgIpc) is 2.41. The zero-order valence-corrected chi connectivity index (χ0v) is 10.9. The van der Waals surface area contributed by atoms with Crippen LogP contribution in [0.4, 0.5) is 0 Å². The third kappa shape index (κ3) is 2.24. The maximum absolute atomic E-state index is 12.3. The number of ether oxygens (including phenoxy) is 1. The molecule has 0 aliphatic heterocycles. The van der Waals surface area contributed by atoms with Gasteiger partial charge in [-0.2, -0.15) is 0 Å². The molecule has 2 aromatic rings. The van der Waals surface area contributed by atoms with Crippen LogP contribution in [0.15, 0.2) is 34.2 Å². The highest BCUT2D eigenvalue weighted by Crippen LogP contribution is 2.14. The number of hydrogen-bond acceptors (Lipinski definition) is 5. The Balaban J connectivity index is 2.66. The number of benzene rings is 1. The molecular formula is C12H12N2O3S. The van der Waals surface area contributed by atoms with Gasteiger partial charge in [0.2, 0.25) is 0 Å². The van der Waals surface area contributed by atoms with Crippen LogP contribution in [0, 0.1) is 0 Å². The normalized spacial score (nSPS) is 10.6. The number of esters is 1. The Hall–Kier alpha value is -1.82. The number of thioether (sulfide) groups is 1. The molecule has 1 heterocycles. The third-order valence-electron chi connectivity index (χ3n) is 2.52. The number of carbonyl (C=O) groups excluding carboxylic acids is 1. The molecule has 0 bridgehead atoms. The Morgan fingerprint density at radius 3 is 2.83 bits per heavy atom. The number of fused-ring (bicyclic) bond motifs is 1. The summed E-state index contributed by atoms with van der Waals surface area (Å²) in [5, 5.41) is 1.00. The minimum atomic E-state index is -0.468. The molecule has 18 heavy (non-hydrogen) atoms. The summed E-state index contributed by atoms with van der Waals surface area (Å²) in [7, 11) is 1.29. The predicted octanol–water partition coefficient (Wildman–Crippen LogP) is 1.29. The fraction of sp³-hybridized carbons (Fsp3) is 0.250. The van der Waals surface area contributed by atoms with Crippen molar-refractivity contribution < 1.29 is 9.53 Å². The van der Waals surface area contributed by atoms with Crippen LogP contribution < -0.4 is 5.56 Å². The molecule has 0 radical (unpaired) electrons. The molecule has 2 rings (SSSR count). The molecule has 0 saturated carbocycles. The zero-order chi connectivity index (χ0) is 13.1. The van der Waals surface area contributed by atoms with Crippen LogP contribution >= 0.6 is 11.8 Å². The number of nitrogens with zero attached hydrogens (tertiary/aromatic N) is 2. The largest absolute Gasteiger partial charge is 0.468 e. The van der Waals surface area contributed by atoms with Gasteiger partial charge < -0.3 is 4.74 Å². The van der Waals surface area contributed by atoms with Crippen molar-refractivity contribution in [2.75, 3.05) is 13.4 Å². The average molecular weight is 264 g/mol. The van der Waals surface area contributed by atoms with E-state index in [9.17, 15) is 9.59 Å². The number of rotatable bonds is 3. The lowest BCUT2D eigenvalue weighted by Crippen LogP contribution is -2.27. The monoisotopic (exact) mass is 264 g/mol. The molecule has 0 saturated heterocycles. The van der Waals surface area contributed by atoms with Gasteiger partial charge in [-0.05, 0) is 18.4 Å². The second-order valence-electron chi connectivity index (χ2n) is 3.58. The first-order valence-electron chi connectivity index (χ1n) is 5.27. The van der Waals surface area contributed by atoms with Gasteiger partial charge in [0.1, 0.15) is 6.54 Å². The van der Waals surface area contributed by atoms with Crippen molar-refractivity contribution in [3.8, 4) is 0 Å². The fourth-order valence-corrected chi connectivity index (χ4v) is 2.19. The van der Waals surface area contributed by atoms with E-state index in [1.807, 2.05) is 12.3 Å². The van der Waals surface area contributed by atoms with Crippen molar-refractivity contribution in [3.05, 3.63) is 34.6 Å². The van der Waals surface area contributed by atoms with E-state index < -0.39 is 5.97 Å². The molecule has 0 spiro atoms. The van der Waals surface area contributed by atoms with Crippen LogP contribution in [-0.4, -0.2) is 28.9 Å². The maximum Gasteiger partial charge on any atom is 0.325 e. The minimum absolute atomic E-state index is 0.122. The van der Waals surface area contributed by atoms with Gasteiger partial charge in [-0.15, -0.1) is 0 Å². The summed E-state index contributed by atoms with van der Waals surface area (Å²) in [6.45, 7) is -0.122. The summed E-state index contributed by atoms with van der Waals surface area (Å²) in [6, 6.07) is 7.07. The molecule has 0 atom stereocenters. The van der Waals surface area contributed by atoms with Gasteiger partial charge in [-0.3, -0.25) is 14.2 Å². The molecular weight excluding hydrogens is 252 g/mol. The standard InChI is InChI=1S/C12H12N2O3S/c1-17-10(15)7-14-11(16)8-5-3-4-6-9(8)13-12(14)18-2/h3-6H,7H2,1-2H3. The van der Waals surface area contributed by atoms with E-state index >= 15 is 0 Å². The van der Waals surface area contributed by atoms with Crippen LogP contribution in [-0.2, 0) is 16.1 Å². The van der Waals surface area contributed by atoms with E-state index in [4.69, 9.17) is 0 Å². The number of hydrogen-bond donors (Lipinski definition) is 0. The Morgan fingerprint density at radius 2 is 2.17 bits per heavy atom. The van der Waals surface area contributed by atoms with E-state index in [0.717, 1.165) is 0 Å². The topological polar surface area (TPSA) is 61.2 Å².